The lowest BCUT2D eigenvalue weighted by Gasteiger charge is -2.09. The van der Waals surface area contributed by atoms with Crippen LogP contribution in [-0.2, 0) is 6.54 Å². The molecule has 0 saturated carbocycles. The quantitative estimate of drug-likeness (QED) is 0.789. The topological polar surface area (TPSA) is 70.6 Å². The van der Waals surface area contributed by atoms with Gasteiger partial charge in [-0.1, -0.05) is 12.1 Å². The average molecular weight is 286 g/mol. The standard InChI is InChI=1S/C16H18N2O3/c1-17-10-11-3-5-12(6-4-11)18-16(20)14-9-13(21-2)7-8-15(14)19/h3-9,17,19H,10H2,1-2H3,(H,18,20). The van der Waals surface area contributed by atoms with Gasteiger partial charge in [-0.15, -0.1) is 0 Å². The van der Waals surface area contributed by atoms with Gasteiger partial charge in [0.1, 0.15) is 11.5 Å². The predicted octanol–water partition coefficient (Wildman–Crippen LogP) is 2.37. The first kappa shape index (κ1) is 14.9. The van der Waals surface area contributed by atoms with Gasteiger partial charge in [0.2, 0.25) is 0 Å². The molecule has 3 N–H and O–H groups in total. The number of ether oxygens (including phenoxy) is 1. The van der Waals surface area contributed by atoms with Crippen LogP contribution in [0, 0.1) is 0 Å². The number of benzene rings is 2. The van der Waals surface area contributed by atoms with Crippen LogP contribution in [0.5, 0.6) is 11.5 Å². The fourth-order valence-electron chi connectivity index (χ4n) is 1.93. The van der Waals surface area contributed by atoms with Gasteiger partial charge in [0.25, 0.3) is 5.91 Å². The van der Waals surface area contributed by atoms with E-state index in [9.17, 15) is 9.90 Å². The summed E-state index contributed by atoms with van der Waals surface area (Å²) < 4.78 is 5.05. The van der Waals surface area contributed by atoms with E-state index in [0.29, 0.717) is 11.4 Å². The molecule has 5 nitrogen and oxygen atoms in total. The monoisotopic (exact) mass is 286 g/mol. The maximum atomic E-state index is 12.2. The number of amides is 1. The summed E-state index contributed by atoms with van der Waals surface area (Å²) in [5, 5.41) is 15.6. The van der Waals surface area contributed by atoms with Gasteiger partial charge in [-0.3, -0.25) is 4.79 Å². The molecule has 110 valence electrons. The molecule has 21 heavy (non-hydrogen) atoms. The normalized spacial score (nSPS) is 10.2. The van der Waals surface area contributed by atoms with Gasteiger partial charge in [0.05, 0.1) is 12.7 Å². The number of hydrogen-bond donors (Lipinski definition) is 3. The third-order valence-electron chi connectivity index (χ3n) is 3.04. The van der Waals surface area contributed by atoms with Gasteiger partial charge in [-0.2, -0.15) is 0 Å². The third-order valence-corrected chi connectivity index (χ3v) is 3.04. The van der Waals surface area contributed by atoms with Crippen molar-refractivity contribution in [2.75, 3.05) is 19.5 Å². The summed E-state index contributed by atoms with van der Waals surface area (Å²) in [7, 11) is 3.38. The highest BCUT2D eigenvalue weighted by molar-refractivity contribution is 6.06. The van der Waals surface area contributed by atoms with Crippen molar-refractivity contribution < 1.29 is 14.6 Å². The first-order valence-corrected chi connectivity index (χ1v) is 6.56. The first-order chi connectivity index (χ1) is 10.1. The first-order valence-electron chi connectivity index (χ1n) is 6.56. The molecule has 0 aliphatic rings. The zero-order valence-electron chi connectivity index (χ0n) is 12.0. The summed E-state index contributed by atoms with van der Waals surface area (Å²) in [6.45, 7) is 0.769. The molecule has 1 amide bonds. The van der Waals surface area contributed by atoms with Crippen LogP contribution in [-0.4, -0.2) is 25.2 Å². The summed E-state index contributed by atoms with van der Waals surface area (Å²) in [5.41, 5.74) is 1.97. The Morgan fingerprint density at radius 2 is 1.90 bits per heavy atom. The molecule has 0 aliphatic heterocycles. The summed E-state index contributed by atoms with van der Waals surface area (Å²) in [4.78, 5) is 12.2. The van der Waals surface area contributed by atoms with Crippen molar-refractivity contribution in [2.45, 2.75) is 6.54 Å². The SMILES string of the molecule is CNCc1ccc(NC(=O)c2cc(OC)ccc2O)cc1. The number of phenols is 1. The second-order valence-corrected chi connectivity index (χ2v) is 4.56. The molecule has 0 bridgehead atoms. The van der Waals surface area contributed by atoms with Crippen LogP contribution >= 0.6 is 0 Å². The van der Waals surface area contributed by atoms with Crippen LogP contribution in [0.15, 0.2) is 42.5 Å². The van der Waals surface area contributed by atoms with Crippen LogP contribution < -0.4 is 15.4 Å². The van der Waals surface area contributed by atoms with Crippen LogP contribution in [0.2, 0.25) is 0 Å². The molecular formula is C16H18N2O3. The molecule has 0 spiro atoms. The minimum absolute atomic E-state index is 0.0832. The molecule has 0 fully saturated rings. The summed E-state index contributed by atoms with van der Waals surface area (Å²) in [6, 6.07) is 12.0. The molecule has 2 rings (SSSR count). The molecule has 0 saturated heterocycles. The van der Waals surface area contributed by atoms with Crippen molar-refractivity contribution in [3.05, 3.63) is 53.6 Å². The maximum absolute atomic E-state index is 12.2. The van der Waals surface area contributed by atoms with Crippen LogP contribution in [0.25, 0.3) is 0 Å². The Morgan fingerprint density at radius 1 is 1.19 bits per heavy atom. The fourth-order valence-corrected chi connectivity index (χ4v) is 1.93. The number of phenolic OH excluding ortho intramolecular Hbond substituents is 1. The Labute approximate surface area is 123 Å². The van der Waals surface area contributed by atoms with Crippen molar-refractivity contribution in [3.8, 4) is 11.5 Å². The van der Waals surface area contributed by atoms with Gasteiger partial charge < -0.3 is 20.5 Å². The Bertz CT molecular complexity index is 624. The molecule has 2 aromatic carbocycles. The Balaban J connectivity index is 2.14. The van der Waals surface area contributed by atoms with Crippen molar-refractivity contribution in [2.24, 2.45) is 0 Å². The van der Waals surface area contributed by atoms with E-state index in [0.717, 1.165) is 12.1 Å². The number of carbonyl (C=O) groups is 1. The summed E-state index contributed by atoms with van der Waals surface area (Å²) >= 11 is 0. The van der Waals surface area contributed by atoms with Gasteiger partial charge in [-0.25, -0.2) is 0 Å². The third kappa shape index (κ3) is 3.73. The van der Waals surface area contributed by atoms with E-state index >= 15 is 0 Å². The predicted molar refractivity (Wildman–Crippen MR) is 81.8 cm³/mol. The summed E-state index contributed by atoms with van der Waals surface area (Å²) in [5.74, 6) is 0.0511. The van der Waals surface area contributed by atoms with E-state index < -0.39 is 0 Å². The number of methoxy groups -OCH3 is 1. The lowest BCUT2D eigenvalue weighted by atomic mass is 10.1. The number of anilines is 1. The average Bonchev–Trinajstić information content (AvgIpc) is 2.50. The molecule has 5 heteroatoms. The smallest absolute Gasteiger partial charge is 0.259 e. The minimum atomic E-state index is -0.382. The second-order valence-electron chi connectivity index (χ2n) is 4.56. The van der Waals surface area contributed by atoms with Crippen LogP contribution in [0.4, 0.5) is 5.69 Å². The van der Waals surface area contributed by atoms with Crippen molar-refractivity contribution in [1.29, 1.82) is 0 Å². The Morgan fingerprint density at radius 3 is 2.52 bits per heavy atom. The highest BCUT2D eigenvalue weighted by Crippen LogP contribution is 2.24. The lowest BCUT2D eigenvalue weighted by Crippen LogP contribution is -2.12. The number of rotatable bonds is 5. The van der Waals surface area contributed by atoms with Crippen molar-refractivity contribution >= 4 is 11.6 Å². The van der Waals surface area contributed by atoms with E-state index in [2.05, 4.69) is 10.6 Å². The highest BCUT2D eigenvalue weighted by Gasteiger charge is 2.12. The molecule has 0 atom stereocenters. The van der Waals surface area contributed by atoms with E-state index in [1.807, 2.05) is 31.3 Å². The molecular weight excluding hydrogens is 268 g/mol. The van der Waals surface area contributed by atoms with Crippen molar-refractivity contribution in [1.82, 2.24) is 5.32 Å². The Kier molecular flexibility index (Phi) is 4.79. The number of hydrogen-bond acceptors (Lipinski definition) is 4. The lowest BCUT2D eigenvalue weighted by molar-refractivity contribution is 0.102. The van der Waals surface area contributed by atoms with Crippen LogP contribution in [0.1, 0.15) is 15.9 Å². The van der Waals surface area contributed by atoms with E-state index in [1.165, 1.54) is 19.2 Å². The van der Waals surface area contributed by atoms with E-state index in [-0.39, 0.29) is 17.2 Å². The molecule has 0 aromatic heterocycles. The van der Waals surface area contributed by atoms with E-state index in [1.54, 1.807) is 6.07 Å². The molecule has 0 heterocycles. The van der Waals surface area contributed by atoms with Gasteiger partial charge in [0, 0.05) is 12.2 Å². The van der Waals surface area contributed by atoms with Crippen molar-refractivity contribution in [3.63, 3.8) is 0 Å². The maximum Gasteiger partial charge on any atom is 0.259 e. The Hall–Kier alpha value is -2.53. The molecule has 0 aliphatic carbocycles. The second kappa shape index (κ2) is 6.76. The highest BCUT2D eigenvalue weighted by atomic mass is 16.5. The summed E-state index contributed by atoms with van der Waals surface area (Å²) in [6.07, 6.45) is 0. The largest absolute Gasteiger partial charge is 0.507 e. The molecule has 0 radical (unpaired) electrons. The van der Waals surface area contributed by atoms with Gasteiger partial charge in [0.15, 0.2) is 0 Å². The number of nitrogens with one attached hydrogen (secondary N) is 2. The molecule has 2 aromatic rings. The zero-order valence-corrected chi connectivity index (χ0v) is 12.0. The van der Waals surface area contributed by atoms with Crippen LogP contribution in [0.3, 0.4) is 0 Å². The zero-order chi connectivity index (χ0) is 15.2. The van der Waals surface area contributed by atoms with Gasteiger partial charge >= 0.3 is 0 Å². The van der Waals surface area contributed by atoms with Gasteiger partial charge in [-0.05, 0) is 42.9 Å². The number of aromatic hydroxyl groups is 1. The number of carbonyl (C=O) groups excluding carboxylic acids is 1. The van der Waals surface area contributed by atoms with E-state index in [4.69, 9.17) is 4.74 Å². The minimum Gasteiger partial charge on any atom is -0.507 e. The fraction of sp³-hybridized carbons (Fsp3) is 0.188. The molecule has 0 unspecified atom stereocenters.